The third-order valence-electron chi connectivity index (χ3n) is 12.6. The Balaban J connectivity index is 1.37. The number of carbonyl (C=O) groups excluding carboxylic acids is 2. The first-order valence-corrected chi connectivity index (χ1v) is 20.4. The van der Waals surface area contributed by atoms with E-state index in [1.807, 2.05) is 24.3 Å². The first kappa shape index (κ1) is 36.0. The van der Waals surface area contributed by atoms with Crippen molar-refractivity contribution in [2.45, 2.75) is 96.7 Å². The molecule has 4 atom stereocenters. The number of methoxy groups -OCH3 is 1. The molecule has 2 amide bonds. The Morgan fingerprint density at radius 2 is 1.71 bits per heavy atom. The van der Waals surface area contributed by atoms with Crippen LogP contribution in [0.2, 0.25) is 0 Å². The highest BCUT2D eigenvalue weighted by Crippen LogP contribution is 2.57. The zero-order valence-electron chi connectivity index (χ0n) is 31.2. The number of hydrogen-bond acceptors (Lipinski definition) is 6. The summed E-state index contributed by atoms with van der Waals surface area (Å²) in [5.41, 5.74) is 3.98. The minimum atomic E-state index is -3.98. The summed E-state index contributed by atoms with van der Waals surface area (Å²) >= 11 is 0. The summed E-state index contributed by atoms with van der Waals surface area (Å²) in [6.07, 6.45) is 8.72. The van der Waals surface area contributed by atoms with Crippen LogP contribution in [-0.4, -0.2) is 91.8 Å². The van der Waals surface area contributed by atoms with Crippen molar-refractivity contribution in [1.82, 2.24) is 23.4 Å². The highest BCUT2D eigenvalue weighted by Gasteiger charge is 2.60. The lowest BCUT2D eigenvalue weighted by molar-refractivity contribution is -0.142. The number of hydrogen-bond donors (Lipinski definition) is 1. The molecule has 11 heteroatoms. The van der Waals surface area contributed by atoms with E-state index in [1.165, 1.54) is 32.5 Å². The van der Waals surface area contributed by atoms with Crippen molar-refractivity contribution < 1.29 is 22.7 Å². The van der Waals surface area contributed by atoms with Gasteiger partial charge in [-0.2, -0.15) is 12.7 Å². The minimum absolute atomic E-state index is 0.212. The van der Waals surface area contributed by atoms with E-state index in [-0.39, 0.29) is 23.4 Å². The van der Waals surface area contributed by atoms with Crippen LogP contribution in [0.1, 0.15) is 94.0 Å². The molecule has 7 rings (SSSR count). The van der Waals surface area contributed by atoms with Crippen molar-refractivity contribution >= 4 is 32.9 Å². The van der Waals surface area contributed by atoms with Crippen LogP contribution in [0.3, 0.4) is 0 Å². The van der Waals surface area contributed by atoms with Gasteiger partial charge in [0.05, 0.1) is 18.2 Å². The van der Waals surface area contributed by atoms with Crippen molar-refractivity contribution in [2.24, 2.45) is 17.3 Å². The fraction of sp³-hybridized carbons (Fsp3) is 0.600. The van der Waals surface area contributed by atoms with Gasteiger partial charge in [-0.05, 0) is 111 Å². The molecule has 2 saturated carbocycles. The standard InChI is InChI=1S/C40H55N5O5S/c1-26(2)43-23-31-13-10-20-44(35(31)24-43)39(47)40(22-27(40)3)25-45-34-21-30(38(46)41-51(48,49)42(4)5)16-19-33(34)36(28-11-8-7-9-12-28)37(45)29-14-17-32(50-6)18-15-29/h14-19,21,26-28,31,35H,7-13,20,22-25H2,1-6H3,(H,41,46). The van der Waals surface area contributed by atoms with Crippen molar-refractivity contribution in [3.8, 4) is 17.0 Å². The predicted molar refractivity (Wildman–Crippen MR) is 201 cm³/mol. The largest absolute Gasteiger partial charge is 0.497 e. The molecule has 0 radical (unpaired) electrons. The number of amides is 2. The van der Waals surface area contributed by atoms with Crippen molar-refractivity contribution in [3.63, 3.8) is 0 Å². The van der Waals surface area contributed by atoms with E-state index in [2.05, 4.69) is 52.0 Å². The molecular formula is C40H55N5O5S. The molecule has 2 saturated heterocycles. The van der Waals surface area contributed by atoms with Crippen LogP contribution in [0, 0.1) is 17.3 Å². The molecule has 3 aromatic rings. The monoisotopic (exact) mass is 717 g/mol. The van der Waals surface area contributed by atoms with Gasteiger partial charge in [0.2, 0.25) is 5.91 Å². The lowest BCUT2D eigenvalue weighted by Gasteiger charge is -2.40. The molecule has 10 nitrogen and oxygen atoms in total. The van der Waals surface area contributed by atoms with Crippen molar-refractivity contribution in [1.29, 1.82) is 0 Å². The topological polar surface area (TPSA) is 104 Å². The molecule has 3 heterocycles. The summed E-state index contributed by atoms with van der Waals surface area (Å²) < 4.78 is 36.4. The number of nitrogens with one attached hydrogen (secondary N) is 1. The number of ether oxygens (including phenoxy) is 1. The van der Waals surface area contributed by atoms with Gasteiger partial charge in [-0.25, -0.2) is 4.72 Å². The van der Waals surface area contributed by atoms with Crippen LogP contribution in [0.15, 0.2) is 42.5 Å². The minimum Gasteiger partial charge on any atom is -0.497 e. The van der Waals surface area contributed by atoms with Gasteiger partial charge in [0.1, 0.15) is 5.75 Å². The number of rotatable bonds is 10. The zero-order valence-corrected chi connectivity index (χ0v) is 32.0. The van der Waals surface area contributed by atoms with Crippen molar-refractivity contribution in [3.05, 3.63) is 53.6 Å². The molecular weight excluding hydrogens is 663 g/mol. The van der Waals surface area contributed by atoms with Crippen LogP contribution in [-0.2, 0) is 21.5 Å². The highest BCUT2D eigenvalue weighted by atomic mass is 32.2. The quantitative estimate of drug-likeness (QED) is 0.266. The number of piperidine rings is 1. The van der Waals surface area contributed by atoms with Gasteiger partial charge in [0, 0.05) is 68.8 Å². The summed E-state index contributed by atoms with van der Waals surface area (Å²) in [6, 6.07) is 14.5. The van der Waals surface area contributed by atoms with Crippen LogP contribution in [0.4, 0.5) is 0 Å². The third-order valence-corrected chi connectivity index (χ3v) is 14.0. The van der Waals surface area contributed by atoms with Gasteiger partial charge >= 0.3 is 10.2 Å². The van der Waals surface area contributed by atoms with E-state index in [9.17, 15) is 13.2 Å². The zero-order chi connectivity index (χ0) is 36.2. The molecule has 4 unspecified atom stereocenters. The second kappa shape index (κ2) is 13.9. The molecule has 1 N–H and O–H groups in total. The Morgan fingerprint density at radius 1 is 1.00 bits per heavy atom. The molecule has 2 aliphatic heterocycles. The van der Waals surface area contributed by atoms with E-state index in [4.69, 9.17) is 4.74 Å². The highest BCUT2D eigenvalue weighted by molar-refractivity contribution is 7.87. The molecule has 4 aliphatic rings. The molecule has 0 spiro atoms. The van der Waals surface area contributed by atoms with Gasteiger partial charge in [0.15, 0.2) is 0 Å². The summed E-state index contributed by atoms with van der Waals surface area (Å²) in [4.78, 5) is 33.3. The fourth-order valence-corrected chi connectivity index (χ4v) is 9.88. The fourth-order valence-electron chi connectivity index (χ4n) is 9.34. The first-order chi connectivity index (χ1) is 24.3. The van der Waals surface area contributed by atoms with Crippen molar-refractivity contribution in [2.75, 3.05) is 40.8 Å². The van der Waals surface area contributed by atoms with Gasteiger partial charge < -0.3 is 14.2 Å². The molecule has 2 aliphatic carbocycles. The lowest BCUT2D eigenvalue weighted by atomic mass is 9.81. The molecule has 0 bridgehead atoms. The van der Waals surface area contributed by atoms with E-state index < -0.39 is 21.5 Å². The third kappa shape index (κ3) is 6.59. The smallest absolute Gasteiger partial charge is 0.303 e. The number of nitrogens with zero attached hydrogens (tertiary/aromatic N) is 4. The number of aromatic nitrogens is 1. The maximum absolute atomic E-state index is 15.0. The van der Waals surface area contributed by atoms with E-state index in [0.717, 1.165) is 90.4 Å². The Kier molecular flexibility index (Phi) is 9.77. The molecule has 276 valence electrons. The maximum Gasteiger partial charge on any atom is 0.303 e. The number of benzene rings is 2. The summed E-state index contributed by atoms with van der Waals surface area (Å²) in [6.45, 7) is 10.00. The first-order valence-electron chi connectivity index (χ1n) is 18.9. The van der Waals surface area contributed by atoms with Gasteiger partial charge in [-0.1, -0.05) is 32.3 Å². The molecule has 2 aromatic carbocycles. The average molecular weight is 718 g/mol. The number of carbonyl (C=O) groups is 2. The molecule has 51 heavy (non-hydrogen) atoms. The van der Waals surface area contributed by atoms with Crippen LogP contribution in [0.5, 0.6) is 5.75 Å². The summed E-state index contributed by atoms with van der Waals surface area (Å²) in [5, 5.41) is 1.07. The Labute approximate surface area is 303 Å². The van der Waals surface area contributed by atoms with E-state index >= 15 is 4.79 Å². The normalized spacial score (nSPS) is 25.8. The van der Waals surface area contributed by atoms with Crippen LogP contribution in [0.25, 0.3) is 22.2 Å². The maximum atomic E-state index is 15.0. The Hall–Kier alpha value is -3.41. The van der Waals surface area contributed by atoms with Crippen LogP contribution >= 0.6 is 0 Å². The average Bonchev–Trinajstić information content (AvgIpc) is 3.43. The summed E-state index contributed by atoms with van der Waals surface area (Å²) in [7, 11) is 0.474. The van der Waals surface area contributed by atoms with Gasteiger partial charge in [0.25, 0.3) is 5.91 Å². The van der Waals surface area contributed by atoms with Crippen LogP contribution < -0.4 is 9.46 Å². The summed E-state index contributed by atoms with van der Waals surface area (Å²) in [5.74, 6) is 1.42. The lowest BCUT2D eigenvalue weighted by Crippen LogP contribution is -2.52. The van der Waals surface area contributed by atoms with Gasteiger partial charge in [-0.15, -0.1) is 0 Å². The number of likely N-dealkylation sites (tertiary alicyclic amines) is 2. The van der Waals surface area contributed by atoms with Gasteiger partial charge in [-0.3, -0.25) is 14.5 Å². The predicted octanol–water partition coefficient (Wildman–Crippen LogP) is 6.26. The molecule has 4 fully saturated rings. The molecule has 1 aromatic heterocycles. The Morgan fingerprint density at radius 3 is 2.33 bits per heavy atom. The SMILES string of the molecule is COc1ccc(-c2c(C3CCCCC3)c3ccc(C(=O)NS(=O)(=O)N(C)C)cc3n2CC2(C(=O)N3CCCC4CN(C(C)C)CC43)CC2C)cc1. The van der Waals surface area contributed by atoms with E-state index in [0.29, 0.717) is 24.4 Å². The second-order valence-electron chi connectivity index (χ2n) is 16.1. The Bertz CT molecular complexity index is 1900. The number of fused-ring (bicyclic) bond motifs is 2. The van der Waals surface area contributed by atoms with E-state index in [1.54, 1.807) is 13.2 Å². The second-order valence-corrected chi connectivity index (χ2v) is 18.0.